The summed E-state index contributed by atoms with van der Waals surface area (Å²) in [4.78, 5) is 24.0. The maximum absolute atomic E-state index is 12.0. The Morgan fingerprint density at radius 3 is 2.04 bits per heavy atom. The number of anilines is 2. The van der Waals surface area contributed by atoms with Crippen LogP contribution in [-0.4, -0.2) is 11.8 Å². The van der Waals surface area contributed by atoms with Crippen molar-refractivity contribution in [1.82, 2.24) is 0 Å². The summed E-state index contributed by atoms with van der Waals surface area (Å²) >= 11 is 5.86. The Bertz CT molecular complexity index is 928. The third-order valence-corrected chi connectivity index (χ3v) is 3.78. The molecule has 27 heavy (non-hydrogen) atoms. The van der Waals surface area contributed by atoms with Gasteiger partial charge in [-0.15, -0.1) is 0 Å². The molecule has 0 spiro atoms. The van der Waals surface area contributed by atoms with Gasteiger partial charge in [0.1, 0.15) is 17.9 Å². The summed E-state index contributed by atoms with van der Waals surface area (Å²) in [5.41, 5.74) is 1.12. The summed E-state index contributed by atoms with van der Waals surface area (Å²) in [6.45, 7) is 0. The summed E-state index contributed by atoms with van der Waals surface area (Å²) < 4.78 is 5.69. The minimum absolute atomic E-state index is 0.297. The zero-order chi connectivity index (χ0) is 19.1. The molecule has 0 aromatic heterocycles. The van der Waals surface area contributed by atoms with Gasteiger partial charge in [0, 0.05) is 16.4 Å². The Hall–Kier alpha value is -3.31. The van der Waals surface area contributed by atoms with Crippen molar-refractivity contribution in [2.45, 2.75) is 6.42 Å². The first-order valence-electron chi connectivity index (χ1n) is 8.27. The molecule has 3 aromatic carbocycles. The van der Waals surface area contributed by atoms with Crippen molar-refractivity contribution in [3.63, 3.8) is 0 Å². The van der Waals surface area contributed by atoms with Gasteiger partial charge in [0.25, 0.3) is 0 Å². The van der Waals surface area contributed by atoms with Crippen LogP contribution < -0.4 is 15.4 Å². The first-order chi connectivity index (χ1) is 13.1. The van der Waals surface area contributed by atoms with Crippen molar-refractivity contribution in [2.75, 3.05) is 10.6 Å². The molecule has 0 unspecified atom stereocenters. The number of hydrogen-bond acceptors (Lipinski definition) is 3. The maximum atomic E-state index is 12.0. The van der Waals surface area contributed by atoms with Gasteiger partial charge < -0.3 is 15.4 Å². The molecule has 136 valence electrons. The van der Waals surface area contributed by atoms with Crippen molar-refractivity contribution in [3.05, 3.63) is 83.9 Å². The van der Waals surface area contributed by atoms with Crippen LogP contribution in [0.2, 0.25) is 5.02 Å². The Balaban J connectivity index is 1.51. The fourth-order valence-electron chi connectivity index (χ4n) is 2.35. The number of amides is 2. The van der Waals surface area contributed by atoms with E-state index in [2.05, 4.69) is 10.6 Å². The Morgan fingerprint density at radius 2 is 1.37 bits per heavy atom. The summed E-state index contributed by atoms with van der Waals surface area (Å²) in [5, 5.41) is 5.82. The molecule has 0 heterocycles. The number of hydrogen-bond donors (Lipinski definition) is 2. The average molecular weight is 381 g/mol. The summed E-state index contributed by atoms with van der Waals surface area (Å²) in [6.07, 6.45) is -0.297. The van der Waals surface area contributed by atoms with Crippen molar-refractivity contribution in [2.24, 2.45) is 0 Å². The fourth-order valence-corrected chi connectivity index (χ4v) is 2.54. The van der Waals surface area contributed by atoms with Gasteiger partial charge in [-0.1, -0.05) is 35.9 Å². The van der Waals surface area contributed by atoms with Crippen LogP contribution in [0.15, 0.2) is 78.9 Å². The lowest BCUT2D eigenvalue weighted by Crippen LogP contribution is -2.21. The van der Waals surface area contributed by atoms with Crippen LogP contribution >= 0.6 is 11.6 Å². The van der Waals surface area contributed by atoms with Gasteiger partial charge in [0.15, 0.2) is 0 Å². The van der Waals surface area contributed by atoms with E-state index >= 15 is 0 Å². The van der Waals surface area contributed by atoms with Crippen molar-refractivity contribution < 1.29 is 14.3 Å². The number of benzene rings is 3. The van der Waals surface area contributed by atoms with Crippen LogP contribution in [0.5, 0.6) is 11.5 Å². The molecule has 0 radical (unpaired) electrons. The Kier molecular flexibility index (Phi) is 6.07. The second-order valence-corrected chi connectivity index (χ2v) is 6.16. The van der Waals surface area contributed by atoms with Crippen LogP contribution in [-0.2, 0) is 9.59 Å². The lowest BCUT2D eigenvalue weighted by molar-refractivity contribution is -0.123. The molecule has 2 amide bonds. The molecule has 0 bridgehead atoms. The number of carbonyl (C=O) groups excluding carboxylic acids is 2. The van der Waals surface area contributed by atoms with Crippen LogP contribution in [0.25, 0.3) is 0 Å². The van der Waals surface area contributed by atoms with Crippen LogP contribution in [0.1, 0.15) is 6.42 Å². The van der Waals surface area contributed by atoms with E-state index in [-0.39, 0.29) is 6.42 Å². The molecule has 5 nitrogen and oxygen atoms in total. The predicted octanol–water partition coefficient (Wildman–Crippen LogP) is 5.10. The number of nitrogens with one attached hydrogen (secondary N) is 2. The molecule has 3 aromatic rings. The monoisotopic (exact) mass is 380 g/mol. The van der Waals surface area contributed by atoms with E-state index in [0.29, 0.717) is 22.1 Å². The molecular weight excluding hydrogens is 364 g/mol. The third kappa shape index (κ3) is 5.87. The first kappa shape index (κ1) is 18.5. The quantitative estimate of drug-likeness (QED) is 0.584. The topological polar surface area (TPSA) is 67.4 Å². The lowest BCUT2D eigenvalue weighted by Gasteiger charge is -2.09. The molecule has 3 rings (SSSR count). The second kappa shape index (κ2) is 8.87. The second-order valence-electron chi connectivity index (χ2n) is 5.72. The van der Waals surface area contributed by atoms with Gasteiger partial charge in [0.05, 0.1) is 0 Å². The molecule has 0 fully saturated rings. The zero-order valence-electron chi connectivity index (χ0n) is 14.3. The highest BCUT2D eigenvalue weighted by molar-refractivity contribution is 6.30. The number of rotatable bonds is 6. The lowest BCUT2D eigenvalue weighted by atomic mass is 10.2. The standard InChI is InChI=1S/C21H17ClN2O3/c22-15-5-4-6-17(13-15)24-21(26)14-20(25)23-16-9-11-19(12-10-16)27-18-7-2-1-3-8-18/h1-13H,14H2,(H,23,25)(H,24,26). The SMILES string of the molecule is O=C(CC(=O)Nc1cccc(Cl)c1)Nc1ccc(Oc2ccccc2)cc1. The molecular formula is C21H17ClN2O3. The number of carbonyl (C=O) groups is 2. The summed E-state index contributed by atoms with van der Waals surface area (Å²) in [6, 6.07) is 23.1. The number of para-hydroxylation sites is 1. The Labute approximate surface area is 161 Å². The molecule has 2 N–H and O–H groups in total. The highest BCUT2D eigenvalue weighted by Gasteiger charge is 2.10. The van der Waals surface area contributed by atoms with Gasteiger partial charge in [-0.25, -0.2) is 0 Å². The normalized spacial score (nSPS) is 10.1. The third-order valence-electron chi connectivity index (χ3n) is 3.55. The van der Waals surface area contributed by atoms with Gasteiger partial charge in [-0.2, -0.15) is 0 Å². The molecule has 0 atom stereocenters. The fraction of sp³-hybridized carbons (Fsp3) is 0.0476. The van der Waals surface area contributed by atoms with Crippen molar-refractivity contribution in [1.29, 1.82) is 0 Å². The molecule has 0 aliphatic carbocycles. The smallest absolute Gasteiger partial charge is 0.233 e. The van der Waals surface area contributed by atoms with E-state index in [1.807, 2.05) is 30.3 Å². The Morgan fingerprint density at radius 1 is 0.741 bits per heavy atom. The van der Waals surface area contributed by atoms with E-state index in [9.17, 15) is 9.59 Å². The highest BCUT2D eigenvalue weighted by atomic mass is 35.5. The minimum Gasteiger partial charge on any atom is -0.457 e. The van der Waals surface area contributed by atoms with E-state index < -0.39 is 11.8 Å². The number of ether oxygens (including phenoxy) is 1. The zero-order valence-corrected chi connectivity index (χ0v) is 15.1. The largest absolute Gasteiger partial charge is 0.457 e. The van der Waals surface area contributed by atoms with Crippen molar-refractivity contribution >= 4 is 34.8 Å². The summed E-state index contributed by atoms with van der Waals surface area (Å²) in [5.74, 6) is 0.551. The van der Waals surface area contributed by atoms with Crippen molar-refractivity contribution in [3.8, 4) is 11.5 Å². The molecule has 0 saturated heterocycles. The first-order valence-corrected chi connectivity index (χ1v) is 8.64. The van der Waals surface area contributed by atoms with Crippen LogP contribution in [0.4, 0.5) is 11.4 Å². The van der Waals surface area contributed by atoms with Gasteiger partial charge >= 0.3 is 0 Å². The van der Waals surface area contributed by atoms with Gasteiger partial charge in [-0.3, -0.25) is 9.59 Å². The van der Waals surface area contributed by atoms with Gasteiger partial charge in [0.2, 0.25) is 11.8 Å². The molecule has 0 aliphatic rings. The van der Waals surface area contributed by atoms with Crippen LogP contribution in [0, 0.1) is 0 Å². The molecule has 0 saturated carbocycles. The van der Waals surface area contributed by atoms with E-state index in [4.69, 9.17) is 16.3 Å². The highest BCUT2D eigenvalue weighted by Crippen LogP contribution is 2.22. The van der Waals surface area contributed by atoms with E-state index in [1.165, 1.54) is 0 Å². The van der Waals surface area contributed by atoms with E-state index in [1.54, 1.807) is 48.5 Å². The number of halogens is 1. The molecule has 0 aliphatic heterocycles. The summed E-state index contributed by atoms with van der Waals surface area (Å²) in [7, 11) is 0. The minimum atomic E-state index is -0.418. The average Bonchev–Trinajstić information content (AvgIpc) is 2.64. The maximum Gasteiger partial charge on any atom is 0.233 e. The predicted molar refractivity (Wildman–Crippen MR) is 106 cm³/mol. The molecule has 6 heteroatoms. The van der Waals surface area contributed by atoms with Crippen LogP contribution in [0.3, 0.4) is 0 Å². The van der Waals surface area contributed by atoms with Gasteiger partial charge in [-0.05, 0) is 54.6 Å². The van der Waals surface area contributed by atoms with E-state index in [0.717, 1.165) is 5.75 Å².